The van der Waals surface area contributed by atoms with Crippen LogP contribution in [0.15, 0.2) is 29.8 Å². The minimum absolute atomic E-state index is 0.0532. The number of hydrogen-bond acceptors (Lipinski definition) is 8. The van der Waals surface area contributed by atoms with Gasteiger partial charge in [-0.15, -0.1) is 0 Å². The Kier molecular flexibility index (Phi) is 16.5. The van der Waals surface area contributed by atoms with Crippen LogP contribution in [0.1, 0.15) is 229 Å². The van der Waals surface area contributed by atoms with E-state index in [1.165, 1.54) is 57.6 Å². The number of carbonyl (C=O) groups is 4. The summed E-state index contributed by atoms with van der Waals surface area (Å²) in [5.41, 5.74) is 10.1. The Labute approximate surface area is 387 Å². The molecule has 8 bridgehead atoms. The summed E-state index contributed by atoms with van der Waals surface area (Å²) in [5, 5.41) is 0. The van der Waals surface area contributed by atoms with Crippen LogP contribution in [-0.2, 0) is 19.1 Å². The number of nitrogens with zero attached hydrogens (tertiary/aromatic N) is 2. The van der Waals surface area contributed by atoms with Crippen LogP contribution in [0, 0.1) is 31.6 Å². The van der Waals surface area contributed by atoms with Crippen LogP contribution in [0.5, 0.6) is 0 Å². The summed E-state index contributed by atoms with van der Waals surface area (Å²) < 4.78 is 11.1. The molecule has 3 aromatic rings. The number of Topliss-reactive ketones (excluding diaryl/α,β-unsaturated/α-hetero) is 2. The Morgan fingerprint density at radius 1 is 0.769 bits per heavy atom. The Morgan fingerprint density at radius 2 is 1.37 bits per heavy atom. The number of esters is 2. The monoisotopic (exact) mass is 889 g/mol. The number of rotatable bonds is 20. The van der Waals surface area contributed by atoms with Gasteiger partial charge in [-0.3, -0.25) is 29.1 Å². The number of H-pyrrole nitrogens is 2. The van der Waals surface area contributed by atoms with Gasteiger partial charge in [0, 0.05) is 74.9 Å². The second-order valence-corrected chi connectivity index (χ2v) is 20.3. The fraction of sp³-hybridized carbons (Fsp3) is 0.600. The Balaban J connectivity index is 1.25. The van der Waals surface area contributed by atoms with Crippen LogP contribution < -0.4 is 0 Å². The summed E-state index contributed by atoms with van der Waals surface area (Å²) in [6.45, 7) is 23.5. The van der Waals surface area contributed by atoms with E-state index >= 15 is 0 Å². The quantitative estimate of drug-likeness (QED) is 0.0494. The molecule has 0 spiro atoms. The minimum atomic E-state index is -1.21. The highest BCUT2D eigenvalue weighted by atomic mass is 16.5. The first kappa shape index (κ1) is 49.6. The first-order chi connectivity index (χ1) is 30.9. The van der Waals surface area contributed by atoms with E-state index in [0.29, 0.717) is 45.8 Å². The number of aromatic amines is 2. The van der Waals surface area contributed by atoms with Crippen LogP contribution in [0.2, 0.25) is 0 Å². The maximum absolute atomic E-state index is 14.4. The van der Waals surface area contributed by atoms with Gasteiger partial charge in [-0.25, -0.2) is 0 Å². The predicted octanol–water partition coefficient (Wildman–Crippen LogP) is 13.5. The zero-order chi connectivity index (χ0) is 47.3. The van der Waals surface area contributed by atoms with E-state index in [4.69, 9.17) is 19.4 Å². The Bertz CT molecular complexity index is 2450. The van der Waals surface area contributed by atoms with E-state index in [9.17, 15) is 19.2 Å². The van der Waals surface area contributed by atoms with Crippen molar-refractivity contribution in [3.8, 4) is 0 Å². The molecule has 6 rings (SSSR count). The molecule has 0 unspecified atom stereocenters. The first-order valence-electron chi connectivity index (χ1n) is 24.7. The van der Waals surface area contributed by atoms with Gasteiger partial charge in [0.2, 0.25) is 0 Å². The predicted molar refractivity (Wildman–Crippen MR) is 261 cm³/mol. The molecular formula is C55H76N4O6. The van der Waals surface area contributed by atoms with E-state index in [1.54, 1.807) is 6.92 Å². The molecule has 5 heterocycles. The summed E-state index contributed by atoms with van der Waals surface area (Å²) >= 11 is 0. The number of allylic oxidation sites excluding steroid dienone is 1. The second kappa shape index (κ2) is 21.6. The average Bonchev–Trinajstić information content (AvgIpc) is 4.00. The highest BCUT2D eigenvalue weighted by Crippen LogP contribution is 2.48. The molecule has 3 aliphatic rings. The maximum atomic E-state index is 14.4. The number of fused-ring (bicyclic) bond motifs is 8. The molecular weight excluding hydrogens is 813 g/mol. The van der Waals surface area contributed by atoms with Crippen LogP contribution in [0.4, 0.5) is 0 Å². The third-order valence-corrected chi connectivity index (χ3v) is 14.9. The molecule has 10 heteroatoms. The zero-order valence-corrected chi connectivity index (χ0v) is 41.5. The van der Waals surface area contributed by atoms with Crippen molar-refractivity contribution < 1.29 is 28.7 Å². The summed E-state index contributed by atoms with van der Waals surface area (Å²) in [6, 6.07) is 5.99. The standard InChI is InChI=1S/C55H76N4O6/c1-13-39-34(7)41-29-46-48(38(11)60)36(9)43(57-46)27-42-35(8)40(52(58-42)50-51(55(63)64-12)54(62)49-37(10)44(59-53(49)50)28-45(39)56-41)23-24-47(61)65-26-25-33(6)22-16-21-32(5)20-15-19-31(4)18-14-17-30(2)3/h25,27-32,34-35,39-40,51,57,59H,13-24,26H2,1-12H3/t31-,32-,34+,35-,39+,40-,51+/m1/s1. The highest BCUT2D eigenvalue weighted by Gasteiger charge is 2.45. The van der Waals surface area contributed by atoms with Gasteiger partial charge in [0.05, 0.1) is 23.8 Å². The van der Waals surface area contributed by atoms with Crippen molar-refractivity contribution in [2.45, 2.75) is 183 Å². The number of carbonyl (C=O) groups excluding carboxylic acids is 4. The van der Waals surface area contributed by atoms with Crippen molar-refractivity contribution in [2.75, 3.05) is 13.7 Å². The zero-order valence-electron chi connectivity index (χ0n) is 41.5. The van der Waals surface area contributed by atoms with Gasteiger partial charge in [0.25, 0.3) is 0 Å². The fourth-order valence-corrected chi connectivity index (χ4v) is 10.8. The molecule has 10 nitrogen and oxygen atoms in total. The van der Waals surface area contributed by atoms with Crippen molar-refractivity contribution >= 4 is 45.6 Å². The lowest BCUT2D eigenvalue weighted by molar-refractivity contribution is -0.143. The second-order valence-electron chi connectivity index (χ2n) is 20.3. The van der Waals surface area contributed by atoms with E-state index in [-0.39, 0.29) is 54.2 Å². The number of ether oxygens (including phenoxy) is 2. The van der Waals surface area contributed by atoms with Crippen molar-refractivity contribution in [3.05, 3.63) is 80.4 Å². The maximum Gasteiger partial charge on any atom is 0.321 e. The van der Waals surface area contributed by atoms with Gasteiger partial charge >= 0.3 is 11.9 Å². The van der Waals surface area contributed by atoms with Crippen molar-refractivity contribution in [3.63, 3.8) is 0 Å². The number of nitrogens with one attached hydrogen (secondary N) is 2. The van der Waals surface area contributed by atoms with Gasteiger partial charge < -0.3 is 19.4 Å². The highest BCUT2D eigenvalue weighted by molar-refractivity contribution is 6.23. The van der Waals surface area contributed by atoms with E-state index < -0.39 is 11.9 Å². The first-order valence-corrected chi connectivity index (χ1v) is 24.7. The molecule has 0 aromatic carbocycles. The van der Waals surface area contributed by atoms with Gasteiger partial charge in [-0.05, 0) is 107 Å². The van der Waals surface area contributed by atoms with Crippen LogP contribution in [0.25, 0.3) is 22.1 Å². The summed E-state index contributed by atoms with van der Waals surface area (Å²) in [6.07, 6.45) is 14.6. The molecule has 2 aliphatic heterocycles. The van der Waals surface area contributed by atoms with Crippen LogP contribution in [0.3, 0.4) is 0 Å². The van der Waals surface area contributed by atoms with Crippen LogP contribution in [-0.4, -0.2) is 57.2 Å². The third kappa shape index (κ3) is 11.1. The molecule has 1 aliphatic carbocycles. The summed E-state index contributed by atoms with van der Waals surface area (Å²) in [4.78, 5) is 72.1. The van der Waals surface area contributed by atoms with E-state index in [2.05, 4.69) is 65.4 Å². The normalized spacial score (nSPS) is 20.4. The molecule has 0 saturated heterocycles. The molecule has 0 amide bonds. The molecule has 0 saturated carbocycles. The minimum Gasteiger partial charge on any atom is -0.468 e. The van der Waals surface area contributed by atoms with Gasteiger partial charge in [-0.2, -0.15) is 0 Å². The molecule has 3 aromatic heterocycles. The fourth-order valence-electron chi connectivity index (χ4n) is 10.8. The summed E-state index contributed by atoms with van der Waals surface area (Å²) in [7, 11) is 1.30. The molecule has 65 heavy (non-hydrogen) atoms. The smallest absolute Gasteiger partial charge is 0.321 e. The average molecular weight is 889 g/mol. The lowest BCUT2D eigenvalue weighted by Crippen LogP contribution is -2.21. The van der Waals surface area contributed by atoms with Crippen molar-refractivity contribution in [2.24, 2.45) is 17.8 Å². The largest absolute Gasteiger partial charge is 0.468 e. The molecule has 0 fully saturated rings. The number of aryl methyl sites for hydroxylation is 2. The Morgan fingerprint density at radius 3 is 2.02 bits per heavy atom. The molecule has 7 atom stereocenters. The van der Waals surface area contributed by atoms with Gasteiger partial charge in [0.15, 0.2) is 11.6 Å². The third-order valence-electron chi connectivity index (χ3n) is 14.9. The Hall–Kier alpha value is -4.86. The van der Waals surface area contributed by atoms with Crippen LogP contribution >= 0.6 is 0 Å². The number of aromatic nitrogens is 4. The molecule has 0 radical (unpaired) electrons. The molecule has 2 N–H and O–H groups in total. The molecule has 352 valence electrons. The van der Waals surface area contributed by atoms with E-state index in [0.717, 1.165) is 70.3 Å². The lowest BCUT2D eigenvalue weighted by atomic mass is 9.84. The lowest BCUT2D eigenvalue weighted by Gasteiger charge is -2.18. The number of ketones is 2. The van der Waals surface area contributed by atoms with Crippen molar-refractivity contribution in [1.82, 2.24) is 19.9 Å². The number of methoxy groups -OCH3 is 1. The van der Waals surface area contributed by atoms with Crippen molar-refractivity contribution in [1.29, 1.82) is 0 Å². The number of hydrogen-bond donors (Lipinski definition) is 2. The topological polar surface area (TPSA) is 144 Å². The van der Waals surface area contributed by atoms with E-state index in [1.807, 2.05) is 38.1 Å². The van der Waals surface area contributed by atoms with Gasteiger partial charge in [0.1, 0.15) is 12.5 Å². The SMILES string of the molecule is CC[C@@H]1c2cc3[nH]c4c(c3C)C(=O)[C@@H](C(=O)OC)c4c3nc(cc4[nH]c(cc(n2)[C@H]1C)c(C(C)=O)c4C)[C@H](C)[C@H]3CCC(=O)OCC=C(C)CCC[C@H](C)CCC[C@H](C)CCCC(C)C. The van der Waals surface area contributed by atoms with Gasteiger partial charge in [-0.1, -0.05) is 99.0 Å². The summed E-state index contributed by atoms with van der Waals surface area (Å²) in [5.74, 6) is -0.573.